The maximum Gasteiger partial charge on any atom is 0.307 e. The highest BCUT2D eigenvalue weighted by molar-refractivity contribution is 5.78. The van der Waals surface area contributed by atoms with Crippen molar-refractivity contribution in [3.05, 3.63) is 0 Å². The fourth-order valence-corrected chi connectivity index (χ4v) is 1.80. The van der Waals surface area contributed by atoms with E-state index in [9.17, 15) is 9.59 Å². The Bertz CT molecular complexity index is 231. The second kappa shape index (κ2) is 2.47. The summed E-state index contributed by atoms with van der Waals surface area (Å²) in [5.74, 6) is -2.48. The van der Waals surface area contributed by atoms with Gasteiger partial charge in [0.2, 0.25) is 0 Å². The third kappa shape index (κ3) is 1.29. The molecule has 1 saturated carbocycles. The molecule has 68 valence electrons. The van der Waals surface area contributed by atoms with Crippen LogP contribution in [0.15, 0.2) is 0 Å². The van der Waals surface area contributed by atoms with Crippen molar-refractivity contribution in [3.63, 3.8) is 0 Å². The molecule has 1 rings (SSSR count). The molecule has 12 heavy (non-hydrogen) atoms. The summed E-state index contributed by atoms with van der Waals surface area (Å²) in [7, 11) is 0. The van der Waals surface area contributed by atoms with Crippen LogP contribution in [-0.4, -0.2) is 22.2 Å². The van der Waals surface area contributed by atoms with Crippen molar-refractivity contribution < 1.29 is 19.8 Å². The van der Waals surface area contributed by atoms with Crippen molar-refractivity contribution in [3.8, 4) is 0 Å². The summed E-state index contributed by atoms with van der Waals surface area (Å²) in [5, 5.41) is 17.1. The molecule has 0 saturated heterocycles. The summed E-state index contributed by atoms with van der Waals surface area (Å²) >= 11 is 0. The van der Waals surface area contributed by atoms with E-state index in [1.54, 1.807) is 13.8 Å². The lowest BCUT2D eigenvalue weighted by Crippen LogP contribution is -2.03. The maximum atomic E-state index is 10.6. The van der Waals surface area contributed by atoms with Gasteiger partial charge in [0, 0.05) is 6.42 Å². The first kappa shape index (κ1) is 9.03. The first-order valence-corrected chi connectivity index (χ1v) is 3.82. The number of aliphatic carboxylic acids is 2. The van der Waals surface area contributed by atoms with Crippen LogP contribution in [0.1, 0.15) is 20.3 Å². The van der Waals surface area contributed by atoms with Crippen LogP contribution in [0.2, 0.25) is 0 Å². The molecule has 0 aromatic carbocycles. The molecule has 2 N–H and O–H groups in total. The molecule has 0 aromatic heterocycles. The van der Waals surface area contributed by atoms with Crippen LogP contribution < -0.4 is 0 Å². The lowest BCUT2D eigenvalue weighted by Gasteiger charge is -1.97. The third-order valence-corrected chi connectivity index (χ3v) is 2.71. The topological polar surface area (TPSA) is 74.6 Å². The highest BCUT2D eigenvalue weighted by Crippen LogP contribution is 2.59. The molecule has 1 fully saturated rings. The van der Waals surface area contributed by atoms with Gasteiger partial charge < -0.3 is 10.2 Å². The van der Waals surface area contributed by atoms with Crippen molar-refractivity contribution >= 4 is 11.9 Å². The lowest BCUT2D eigenvalue weighted by molar-refractivity contribution is -0.139. The van der Waals surface area contributed by atoms with Gasteiger partial charge in [-0.15, -0.1) is 0 Å². The molecule has 4 nitrogen and oxygen atoms in total. The average molecular weight is 172 g/mol. The molecular formula is C8H12O4. The van der Waals surface area contributed by atoms with E-state index >= 15 is 0 Å². The summed E-state index contributed by atoms with van der Waals surface area (Å²) in [6.07, 6.45) is -0.0377. The number of carboxylic acids is 2. The Kier molecular flexibility index (Phi) is 1.86. The van der Waals surface area contributed by atoms with Gasteiger partial charge in [0.05, 0.1) is 5.92 Å². The van der Waals surface area contributed by atoms with Gasteiger partial charge in [-0.3, -0.25) is 9.59 Å². The van der Waals surface area contributed by atoms with E-state index in [1.165, 1.54) is 0 Å². The van der Waals surface area contributed by atoms with Gasteiger partial charge in [-0.2, -0.15) is 0 Å². The van der Waals surface area contributed by atoms with E-state index in [0.29, 0.717) is 0 Å². The van der Waals surface area contributed by atoms with Gasteiger partial charge in [0.1, 0.15) is 0 Å². The minimum Gasteiger partial charge on any atom is -0.481 e. The van der Waals surface area contributed by atoms with E-state index in [-0.39, 0.29) is 17.8 Å². The van der Waals surface area contributed by atoms with Gasteiger partial charge >= 0.3 is 11.9 Å². The first-order chi connectivity index (χ1) is 5.37. The molecule has 2 atom stereocenters. The van der Waals surface area contributed by atoms with Gasteiger partial charge in [0.25, 0.3) is 0 Å². The van der Waals surface area contributed by atoms with Crippen LogP contribution in [-0.2, 0) is 9.59 Å². The zero-order chi connectivity index (χ0) is 9.52. The Morgan fingerprint density at radius 2 is 1.83 bits per heavy atom. The summed E-state index contributed by atoms with van der Waals surface area (Å²) in [6, 6.07) is 0. The number of hydrogen-bond donors (Lipinski definition) is 2. The van der Waals surface area contributed by atoms with E-state index < -0.39 is 17.9 Å². The van der Waals surface area contributed by atoms with Gasteiger partial charge in [-0.1, -0.05) is 13.8 Å². The molecule has 0 heterocycles. The summed E-state index contributed by atoms with van der Waals surface area (Å²) in [5.41, 5.74) is -0.343. The quantitative estimate of drug-likeness (QED) is 0.660. The second-order valence-electron chi connectivity index (χ2n) is 3.84. The largest absolute Gasteiger partial charge is 0.481 e. The molecule has 1 aliphatic carbocycles. The highest BCUT2D eigenvalue weighted by Gasteiger charge is 2.62. The van der Waals surface area contributed by atoms with Crippen molar-refractivity contribution in [1.29, 1.82) is 0 Å². The van der Waals surface area contributed by atoms with Crippen LogP contribution in [0.4, 0.5) is 0 Å². The third-order valence-electron chi connectivity index (χ3n) is 2.71. The molecule has 0 amide bonds. The Morgan fingerprint density at radius 3 is 2.08 bits per heavy atom. The number of carboxylic acid groups (broad SMARTS) is 2. The fourth-order valence-electron chi connectivity index (χ4n) is 1.80. The van der Waals surface area contributed by atoms with Crippen LogP contribution in [0.25, 0.3) is 0 Å². The normalized spacial score (nSPS) is 31.2. The minimum absolute atomic E-state index is 0.0377. The number of rotatable bonds is 3. The van der Waals surface area contributed by atoms with Crippen molar-refractivity contribution in [2.24, 2.45) is 17.3 Å². The monoisotopic (exact) mass is 172 g/mol. The summed E-state index contributed by atoms with van der Waals surface area (Å²) < 4.78 is 0. The van der Waals surface area contributed by atoms with E-state index in [0.717, 1.165) is 0 Å². The SMILES string of the molecule is CC1(C)C(CC(=O)O)C1C(=O)O. The molecule has 0 radical (unpaired) electrons. The van der Waals surface area contributed by atoms with Crippen LogP contribution in [0.5, 0.6) is 0 Å². The molecule has 0 aromatic rings. The Morgan fingerprint density at radius 1 is 1.33 bits per heavy atom. The Labute approximate surface area is 70.2 Å². The fraction of sp³-hybridized carbons (Fsp3) is 0.750. The molecule has 2 unspecified atom stereocenters. The molecule has 0 spiro atoms. The van der Waals surface area contributed by atoms with E-state index in [1.807, 2.05) is 0 Å². The molecular weight excluding hydrogens is 160 g/mol. The number of carbonyl (C=O) groups is 2. The Balaban J connectivity index is 2.60. The first-order valence-electron chi connectivity index (χ1n) is 3.82. The highest BCUT2D eigenvalue weighted by atomic mass is 16.4. The van der Waals surface area contributed by atoms with Crippen molar-refractivity contribution in [1.82, 2.24) is 0 Å². The van der Waals surface area contributed by atoms with E-state index in [2.05, 4.69) is 0 Å². The second-order valence-corrected chi connectivity index (χ2v) is 3.84. The molecule has 4 heteroatoms. The van der Waals surface area contributed by atoms with Crippen LogP contribution in [0, 0.1) is 17.3 Å². The lowest BCUT2D eigenvalue weighted by atomic mass is 10.1. The van der Waals surface area contributed by atoms with Gasteiger partial charge in [0.15, 0.2) is 0 Å². The smallest absolute Gasteiger partial charge is 0.307 e. The Hall–Kier alpha value is -1.06. The summed E-state index contributed by atoms with van der Waals surface area (Å²) in [4.78, 5) is 20.9. The van der Waals surface area contributed by atoms with Crippen molar-refractivity contribution in [2.75, 3.05) is 0 Å². The zero-order valence-corrected chi connectivity index (χ0v) is 7.07. The van der Waals surface area contributed by atoms with Gasteiger partial charge in [-0.05, 0) is 11.3 Å². The van der Waals surface area contributed by atoms with Crippen LogP contribution >= 0.6 is 0 Å². The minimum atomic E-state index is -0.920. The zero-order valence-electron chi connectivity index (χ0n) is 7.07. The molecule has 1 aliphatic rings. The van der Waals surface area contributed by atoms with Crippen LogP contribution in [0.3, 0.4) is 0 Å². The number of hydrogen-bond acceptors (Lipinski definition) is 2. The van der Waals surface area contributed by atoms with E-state index in [4.69, 9.17) is 10.2 Å². The maximum absolute atomic E-state index is 10.6. The average Bonchev–Trinajstić information content (AvgIpc) is 2.32. The van der Waals surface area contributed by atoms with Gasteiger partial charge in [-0.25, -0.2) is 0 Å². The standard InChI is InChI=1S/C8H12O4/c1-8(2)4(3-5(9)10)6(8)7(11)12/h4,6H,3H2,1-2H3,(H,9,10)(H,11,12). The molecule has 0 aliphatic heterocycles. The van der Waals surface area contributed by atoms with Crippen molar-refractivity contribution in [2.45, 2.75) is 20.3 Å². The molecule has 0 bridgehead atoms. The predicted octanol–water partition coefficient (Wildman–Crippen LogP) is 0.818. The summed E-state index contributed by atoms with van der Waals surface area (Å²) in [6.45, 7) is 3.58. The predicted molar refractivity (Wildman–Crippen MR) is 40.6 cm³/mol.